The Hall–Kier alpha value is -1.00. The third kappa shape index (κ3) is 4.70. The summed E-state index contributed by atoms with van der Waals surface area (Å²) < 4.78 is 60.4. The zero-order valence-electron chi connectivity index (χ0n) is 8.82. The van der Waals surface area contributed by atoms with Crippen LogP contribution in [0.3, 0.4) is 0 Å². The topological polar surface area (TPSA) is 79.0 Å². The molecule has 1 heterocycles. The second-order valence-corrected chi connectivity index (χ2v) is 5.96. The molecule has 10 heteroatoms. The Balaban J connectivity index is 2.62. The van der Waals surface area contributed by atoms with Gasteiger partial charge in [0.15, 0.2) is 0 Å². The van der Waals surface area contributed by atoms with Crippen molar-refractivity contribution in [2.45, 2.75) is 10.4 Å². The minimum atomic E-state index is -4.41. The molecule has 0 bridgehead atoms. The van der Waals surface area contributed by atoms with Crippen LogP contribution in [0.15, 0.2) is 28.2 Å². The molecule has 0 saturated heterocycles. The molecule has 1 aromatic heterocycles. The van der Waals surface area contributed by atoms with Gasteiger partial charge in [0.1, 0.15) is 4.90 Å². The van der Waals surface area contributed by atoms with Gasteiger partial charge in [-0.2, -0.15) is 13.2 Å². The first-order chi connectivity index (χ1) is 8.22. The van der Waals surface area contributed by atoms with Crippen molar-refractivity contribution in [2.75, 3.05) is 12.3 Å². The zero-order valence-corrected chi connectivity index (χ0v) is 10.5. The van der Waals surface area contributed by atoms with Gasteiger partial charge in [-0.05, 0) is 11.8 Å². The van der Waals surface area contributed by atoms with E-state index in [4.69, 9.17) is 0 Å². The van der Waals surface area contributed by atoms with Crippen LogP contribution in [-0.4, -0.2) is 31.2 Å². The predicted octanol–water partition coefficient (Wildman–Crippen LogP) is 0.906. The van der Waals surface area contributed by atoms with Gasteiger partial charge in [-0.25, -0.2) is 13.1 Å². The number of nitrogens with one attached hydrogen (secondary N) is 2. The van der Waals surface area contributed by atoms with Crippen molar-refractivity contribution in [1.82, 2.24) is 9.71 Å². The number of H-pyrrole nitrogens is 1. The van der Waals surface area contributed by atoms with Crippen molar-refractivity contribution in [1.29, 1.82) is 0 Å². The molecule has 0 spiro atoms. The average molecular weight is 302 g/mol. The van der Waals surface area contributed by atoms with Gasteiger partial charge >= 0.3 is 5.51 Å². The number of thioether (sulfide) groups is 1. The van der Waals surface area contributed by atoms with Crippen LogP contribution in [0, 0.1) is 0 Å². The van der Waals surface area contributed by atoms with Gasteiger partial charge in [-0.15, -0.1) is 0 Å². The summed E-state index contributed by atoms with van der Waals surface area (Å²) in [6, 6.07) is 1.01. The highest BCUT2D eigenvalue weighted by Crippen LogP contribution is 2.29. The highest BCUT2D eigenvalue weighted by atomic mass is 32.2. The molecule has 0 aromatic carbocycles. The number of aromatic amines is 1. The van der Waals surface area contributed by atoms with Gasteiger partial charge < -0.3 is 4.98 Å². The normalized spacial score (nSPS) is 12.6. The molecule has 0 aliphatic rings. The third-order valence-corrected chi connectivity index (χ3v) is 3.96. The van der Waals surface area contributed by atoms with Crippen LogP contribution in [0.2, 0.25) is 0 Å². The lowest BCUT2D eigenvalue weighted by Gasteiger charge is -2.07. The van der Waals surface area contributed by atoms with Crippen LogP contribution < -0.4 is 10.2 Å². The SMILES string of the molecule is O=c1cc[nH]cc1S(=O)(=O)NCCSC(F)(F)F. The maximum atomic E-state index is 11.8. The highest BCUT2D eigenvalue weighted by molar-refractivity contribution is 8.00. The highest BCUT2D eigenvalue weighted by Gasteiger charge is 2.28. The molecule has 102 valence electrons. The standard InChI is InChI=1S/C8H9F3N2O3S2/c9-8(10,11)17-4-3-13-18(15,16)7-5-12-2-1-6(7)14/h1-2,5,13H,3-4H2,(H,12,14). The number of aromatic nitrogens is 1. The Bertz CT molecular complexity index is 553. The predicted molar refractivity (Wildman–Crippen MR) is 60.8 cm³/mol. The summed E-state index contributed by atoms with van der Waals surface area (Å²) in [5.41, 5.74) is -5.14. The summed E-state index contributed by atoms with van der Waals surface area (Å²) in [5, 5.41) is 0. The first kappa shape index (κ1) is 15.1. The monoisotopic (exact) mass is 302 g/mol. The maximum absolute atomic E-state index is 11.8. The quantitative estimate of drug-likeness (QED) is 0.792. The van der Waals surface area contributed by atoms with Gasteiger partial charge in [0.05, 0.1) is 0 Å². The number of halogens is 3. The Morgan fingerprint density at radius 1 is 1.39 bits per heavy atom. The van der Waals surface area contributed by atoms with E-state index in [0.29, 0.717) is 0 Å². The molecule has 2 N–H and O–H groups in total. The van der Waals surface area contributed by atoms with E-state index < -0.39 is 38.2 Å². The molecule has 0 fully saturated rings. The molecule has 0 aliphatic heterocycles. The zero-order chi connectivity index (χ0) is 13.8. The molecule has 0 aliphatic carbocycles. The van der Waals surface area contributed by atoms with E-state index >= 15 is 0 Å². The van der Waals surface area contributed by atoms with Crippen molar-refractivity contribution < 1.29 is 21.6 Å². The molecule has 5 nitrogen and oxygen atoms in total. The molecule has 1 rings (SSSR count). The fourth-order valence-corrected chi connectivity index (χ4v) is 2.68. The van der Waals surface area contributed by atoms with Gasteiger partial charge in [-0.3, -0.25) is 4.79 Å². The van der Waals surface area contributed by atoms with Crippen molar-refractivity contribution in [3.05, 3.63) is 28.7 Å². The molecule has 1 aromatic rings. The third-order valence-electron chi connectivity index (χ3n) is 1.74. The number of hydrogen-bond acceptors (Lipinski definition) is 4. The van der Waals surface area contributed by atoms with Crippen molar-refractivity contribution in [3.63, 3.8) is 0 Å². The van der Waals surface area contributed by atoms with Crippen molar-refractivity contribution in [2.24, 2.45) is 0 Å². The minimum Gasteiger partial charge on any atom is -0.366 e. The number of rotatable bonds is 5. The molecule has 0 atom stereocenters. The molecular weight excluding hydrogens is 293 g/mol. The van der Waals surface area contributed by atoms with E-state index in [0.717, 1.165) is 12.3 Å². The summed E-state index contributed by atoms with van der Waals surface area (Å²) in [6.07, 6.45) is 2.22. The number of sulfonamides is 1. The largest absolute Gasteiger partial charge is 0.441 e. The van der Waals surface area contributed by atoms with E-state index in [9.17, 15) is 26.4 Å². The lowest BCUT2D eigenvalue weighted by atomic mass is 10.5. The summed E-state index contributed by atoms with van der Waals surface area (Å²) >= 11 is -0.339. The summed E-state index contributed by atoms with van der Waals surface area (Å²) in [7, 11) is -4.08. The Morgan fingerprint density at radius 2 is 2.06 bits per heavy atom. The van der Waals surface area contributed by atoms with E-state index in [1.54, 1.807) is 0 Å². The van der Waals surface area contributed by atoms with Crippen molar-refractivity contribution in [3.8, 4) is 0 Å². The minimum absolute atomic E-state index is 0.339. The molecule has 0 unspecified atom stereocenters. The smallest absolute Gasteiger partial charge is 0.366 e. The summed E-state index contributed by atoms with van der Waals surface area (Å²) in [5.74, 6) is -0.465. The lowest BCUT2D eigenvalue weighted by Crippen LogP contribution is -2.30. The first-order valence-electron chi connectivity index (χ1n) is 4.60. The van der Waals surface area contributed by atoms with Gasteiger partial charge in [-0.1, -0.05) is 0 Å². The number of alkyl halides is 3. The number of hydrogen-bond donors (Lipinski definition) is 2. The van der Waals surface area contributed by atoms with Gasteiger partial charge in [0.2, 0.25) is 15.5 Å². The summed E-state index contributed by atoms with van der Waals surface area (Å²) in [6.45, 7) is -0.416. The van der Waals surface area contributed by atoms with Crippen LogP contribution >= 0.6 is 11.8 Å². The molecule has 0 saturated carbocycles. The van der Waals surface area contributed by atoms with Crippen LogP contribution in [-0.2, 0) is 10.0 Å². The average Bonchev–Trinajstić information content (AvgIpc) is 2.24. The Kier molecular flexibility index (Phi) is 4.82. The van der Waals surface area contributed by atoms with Crippen LogP contribution in [0.25, 0.3) is 0 Å². The van der Waals surface area contributed by atoms with E-state index in [1.165, 1.54) is 6.20 Å². The maximum Gasteiger partial charge on any atom is 0.441 e. The Labute approximate surface area is 105 Å². The first-order valence-corrected chi connectivity index (χ1v) is 7.07. The van der Waals surface area contributed by atoms with E-state index in [1.807, 2.05) is 4.72 Å². The fraction of sp³-hybridized carbons (Fsp3) is 0.375. The van der Waals surface area contributed by atoms with Gasteiger partial charge in [0.25, 0.3) is 0 Å². The second kappa shape index (κ2) is 5.76. The van der Waals surface area contributed by atoms with Crippen LogP contribution in [0.4, 0.5) is 13.2 Å². The number of pyridine rings is 1. The molecule has 0 amide bonds. The van der Waals surface area contributed by atoms with Crippen molar-refractivity contribution >= 4 is 21.8 Å². The Morgan fingerprint density at radius 3 is 2.61 bits per heavy atom. The van der Waals surface area contributed by atoms with Crippen LogP contribution in [0.1, 0.15) is 0 Å². The van der Waals surface area contributed by atoms with Crippen LogP contribution in [0.5, 0.6) is 0 Å². The lowest BCUT2D eigenvalue weighted by molar-refractivity contribution is -0.0327. The summed E-state index contributed by atoms with van der Waals surface area (Å²) in [4.78, 5) is 13.1. The van der Waals surface area contributed by atoms with E-state index in [2.05, 4.69) is 4.98 Å². The molecule has 0 radical (unpaired) electrons. The van der Waals surface area contributed by atoms with Gasteiger partial charge in [0, 0.05) is 30.8 Å². The molecule has 18 heavy (non-hydrogen) atoms. The van der Waals surface area contributed by atoms with E-state index in [-0.39, 0.29) is 11.8 Å². The second-order valence-electron chi connectivity index (χ2n) is 3.06. The molecular formula is C8H9F3N2O3S2. The fourth-order valence-electron chi connectivity index (χ4n) is 1.03.